The highest BCUT2D eigenvalue weighted by molar-refractivity contribution is 5.93. The molecule has 0 unspecified atom stereocenters. The molecule has 7 heteroatoms. The third kappa shape index (κ3) is 3.60. The Labute approximate surface area is 144 Å². The molecule has 3 aromatic rings. The number of benzene rings is 2. The zero-order chi connectivity index (χ0) is 18.0. The summed E-state index contributed by atoms with van der Waals surface area (Å²) in [4.78, 5) is 27.1. The van der Waals surface area contributed by atoms with Crippen LogP contribution in [0, 0.1) is 6.92 Å². The molecule has 0 fully saturated rings. The number of hydrogen-bond acceptors (Lipinski definition) is 6. The van der Waals surface area contributed by atoms with Crippen molar-refractivity contribution in [2.24, 2.45) is 0 Å². The molecule has 0 aliphatic carbocycles. The predicted octanol–water partition coefficient (Wildman–Crippen LogP) is 3.62. The van der Waals surface area contributed by atoms with Crippen molar-refractivity contribution >= 4 is 40.4 Å². The number of carbonyl (C=O) groups excluding carboxylic acids is 2. The van der Waals surface area contributed by atoms with Crippen molar-refractivity contribution in [3.05, 3.63) is 47.5 Å². The van der Waals surface area contributed by atoms with Crippen molar-refractivity contribution in [2.75, 3.05) is 17.7 Å². The molecule has 25 heavy (non-hydrogen) atoms. The number of oxazole rings is 1. The number of anilines is 3. The van der Waals surface area contributed by atoms with E-state index in [1.807, 2.05) is 19.1 Å². The summed E-state index contributed by atoms with van der Waals surface area (Å²) < 4.78 is 10.3. The Morgan fingerprint density at radius 2 is 1.96 bits per heavy atom. The Bertz CT molecular complexity index is 962. The lowest BCUT2D eigenvalue weighted by molar-refractivity contribution is -0.114. The molecule has 0 radical (unpaired) electrons. The maximum absolute atomic E-state index is 11.6. The van der Waals surface area contributed by atoms with E-state index in [0.717, 1.165) is 16.9 Å². The number of rotatable bonds is 4. The molecule has 2 N–H and O–H groups in total. The van der Waals surface area contributed by atoms with Gasteiger partial charge in [-0.25, -0.2) is 4.79 Å². The molecule has 0 aliphatic rings. The van der Waals surface area contributed by atoms with Crippen molar-refractivity contribution in [1.29, 1.82) is 0 Å². The van der Waals surface area contributed by atoms with Crippen LogP contribution in [-0.4, -0.2) is 24.0 Å². The fourth-order valence-corrected chi connectivity index (χ4v) is 2.42. The number of aryl methyl sites for hydroxylation is 1. The first-order valence-electron chi connectivity index (χ1n) is 7.60. The average Bonchev–Trinajstić information content (AvgIpc) is 2.97. The molecule has 1 amide bonds. The van der Waals surface area contributed by atoms with Crippen LogP contribution in [0.5, 0.6) is 0 Å². The van der Waals surface area contributed by atoms with Gasteiger partial charge in [-0.2, -0.15) is 4.98 Å². The van der Waals surface area contributed by atoms with Crippen molar-refractivity contribution in [1.82, 2.24) is 4.98 Å². The summed E-state index contributed by atoms with van der Waals surface area (Å²) in [5.74, 6) is -0.554. The first-order valence-corrected chi connectivity index (χ1v) is 7.60. The molecular formula is C18H17N3O4. The number of amides is 1. The minimum absolute atomic E-state index is 0.121. The number of hydrogen-bond donors (Lipinski definition) is 2. The summed E-state index contributed by atoms with van der Waals surface area (Å²) >= 11 is 0. The van der Waals surface area contributed by atoms with Gasteiger partial charge in [0.15, 0.2) is 5.58 Å². The quantitative estimate of drug-likeness (QED) is 0.705. The number of fused-ring (bicyclic) bond motifs is 1. The van der Waals surface area contributed by atoms with Gasteiger partial charge in [-0.3, -0.25) is 4.79 Å². The Kier molecular flexibility index (Phi) is 4.38. The fourth-order valence-electron chi connectivity index (χ4n) is 2.42. The first-order chi connectivity index (χ1) is 12.0. The van der Waals surface area contributed by atoms with Gasteiger partial charge in [-0.15, -0.1) is 0 Å². The summed E-state index contributed by atoms with van der Waals surface area (Å²) in [6.45, 7) is 3.36. The Hall–Kier alpha value is -3.35. The number of esters is 1. The van der Waals surface area contributed by atoms with Crippen LogP contribution >= 0.6 is 0 Å². The lowest BCUT2D eigenvalue weighted by Crippen LogP contribution is -2.07. The van der Waals surface area contributed by atoms with Crippen LogP contribution in [0.2, 0.25) is 0 Å². The van der Waals surface area contributed by atoms with Crippen molar-refractivity contribution in [3.8, 4) is 0 Å². The summed E-state index contributed by atoms with van der Waals surface area (Å²) in [6, 6.07) is 10.7. The van der Waals surface area contributed by atoms with Crippen molar-refractivity contribution in [2.45, 2.75) is 13.8 Å². The SMILES string of the molecule is COC(=O)c1ccc2nc(Nc3ccc(NC(C)=O)c(C)c3)oc2c1. The van der Waals surface area contributed by atoms with Gasteiger partial charge in [0, 0.05) is 18.3 Å². The number of ether oxygens (including phenoxy) is 1. The van der Waals surface area contributed by atoms with Crippen LogP contribution in [0.3, 0.4) is 0 Å². The lowest BCUT2D eigenvalue weighted by atomic mass is 10.2. The number of nitrogens with one attached hydrogen (secondary N) is 2. The van der Waals surface area contributed by atoms with E-state index in [0.29, 0.717) is 22.7 Å². The number of methoxy groups -OCH3 is 1. The minimum atomic E-state index is -0.433. The lowest BCUT2D eigenvalue weighted by Gasteiger charge is -2.08. The molecular weight excluding hydrogens is 322 g/mol. The molecule has 7 nitrogen and oxygen atoms in total. The molecule has 2 aromatic carbocycles. The van der Waals surface area contributed by atoms with Gasteiger partial charge in [0.05, 0.1) is 12.7 Å². The number of aromatic nitrogens is 1. The molecule has 1 aromatic heterocycles. The van der Waals surface area contributed by atoms with Gasteiger partial charge in [-0.05, 0) is 48.9 Å². The zero-order valence-corrected chi connectivity index (χ0v) is 14.0. The van der Waals surface area contributed by atoms with E-state index in [2.05, 4.69) is 15.6 Å². The molecule has 0 atom stereocenters. The zero-order valence-electron chi connectivity index (χ0n) is 14.0. The normalized spacial score (nSPS) is 10.5. The molecule has 0 spiro atoms. The van der Waals surface area contributed by atoms with E-state index in [9.17, 15) is 9.59 Å². The Morgan fingerprint density at radius 3 is 2.64 bits per heavy atom. The van der Waals surface area contributed by atoms with Gasteiger partial charge in [0.2, 0.25) is 5.91 Å². The van der Waals surface area contributed by atoms with Crippen molar-refractivity contribution in [3.63, 3.8) is 0 Å². The van der Waals surface area contributed by atoms with E-state index in [1.54, 1.807) is 24.3 Å². The van der Waals surface area contributed by atoms with E-state index in [4.69, 9.17) is 9.15 Å². The monoisotopic (exact) mass is 339 g/mol. The molecule has 0 aliphatic heterocycles. The average molecular weight is 339 g/mol. The van der Waals surface area contributed by atoms with E-state index in [1.165, 1.54) is 14.0 Å². The summed E-state index contributed by atoms with van der Waals surface area (Å²) in [5, 5.41) is 5.83. The van der Waals surface area contributed by atoms with Crippen LogP contribution in [-0.2, 0) is 9.53 Å². The minimum Gasteiger partial charge on any atom is -0.465 e. The van der Waals surface area contributed by atoms with Gasteiger partial charge in [0.1, 0.15) is 5.52 Å². The van der Waals surface area contributed by atoms with Crippen LogP contribution in [0.4, 0.5) is 17.4 Å². The second-order valence-electron chi connectivity index (χ2n) is 5.53. The van der Waals surface area contributed by atoms with Crippen LogP contribution in [0.25, 0.3) is 11.1 Å². The van der Waals surface area contributed by atoms with Gasteiger partial charge in [-0.1, -0.05) is 0 Å². The standard InChI is InChI=1S/C18H17N3O4/c1-10-8-13(5-7-14(10)19-11(2)22)20-18-21-15-6-4-12(17(23)24-3)9-16(15)25-18/h4-9H,1-3H3,(H,19,22)(H,20,21). The topological polar surface area (TPSA) is 93.5 Å². The summed E-state index contributed by atoms with van der Waals surface area (Å²) in [7, 11) is 1.33. The first kappa shape index (κ1) is 16.5. The highest BCUT2D eigenvalue weighted by atomic mass is 16.5. The third-order valence-electron chi connectivity index (χ3n) is 3.60. The Morgan fingerprint density at radius 1 is 1.16 bits per heavy atom. The van der Waals surface area contributed by atoms with Gasteiger partial charge >= 0.3 is 5.97 Å². The van der Waals surface area contributed by atoms with Gasteiger partial charge in [0.25, 0.3) is 6.01 Å². The second kappa shape index (κ2) is 6.64. The van der Waals surface area contributed by atoms with Crippen LogP contribution in [0.1, 0.15) is 22.8 Å². The summed E-state index contributed by atoms with van der Waals surface area (Å²) in [5.41, 5.74) is 3.93. The Balaban J connectivity index is 1.84. The molecule has 1 heterocycles. The predicted molar refractivity (Wildman–Crippen MR) is 94.1 cm³/mol. The van der Waals surface area contributed by atoms with E-state index < -0.39 is 5.97 Å². The molecule has 3 rings (SSSR count). The fraction of sp³-hybridized carbons (Fsp3) is 0.167. The largest absolute Gasteiger partial charge is 0.465 e. The molecule has 0 saturated carbocycles. The third-order valence-corrected chi connectivity index (χ3v) is 3.60. The van der Waals surface area contributed by atoms with Crippen molar-refractivity contribution < 1.29 is 18.7 Å². The number of nitrogens with zero attached hydrogens (tertiary/aromatic N) is 1. The van der Waals surface area contributed by atoms with Crippen LogP contribution in [0.15, 0.2) is 40.8 Å². The van der Waals surface area contributed by atoms with Gasteiger partial charge < -0.3 is 19.8 Å². The molecule has 0 bridgehead atoms. The smallest absolute Gasteiger partial charge is 0.337 e. The maximum Gasteiger partial charge on any atom is 0.337 e. The highest BCUT2D eigenvalue weighted by Gasteiger charge is 2.11. The second-order valence-corrected chi connectivity index (χ2v) is 5.53. The molecule has 0 saturated heterocycles. The van der Waals surface area contributed by atoms with E-state index >= 15 is 0 Å². The van der Waals surface area contributed by atoms with Crippen LogP contribution < -0.4 is 10.6 Å². The van der Waals surface area contributed by atoms with E-state index in [-0.39, 0.29) is 5.91 Å². The number of carbonyl (C=O) groups is 2. The maximum atomic E-state index is 11.6. The summed E-state index contributed by atoms with van der Waals surface area (Å²) in [6.07, 6.45) is 0. The molecule has 128 valence electrons. The highest BCUT2D eigenvalue weighted by Crippen LogP contribution is 2.25.